The maximum Gasteiger partial charge on any atom is 2.00 e. The molecule has 0 fully saturated rings. The second kappa shape index (κ2) is 11.2. The van der Waals surface area contributed by atoms with Crippen molar-refractivity contribution in [2.75, 3.05) is 14.2 Å². The van der Waals surface area contributed by atoms with Gasteiger partial charge < -0.3 is 19.4 Å². The van der Waals surface area contributed by atoms with Gasteiger partial charge in [0.2, 0.25) is 0 Å². The third-order valence-corrected chi connectivity index (χ3v) is 5.71. The molecule has 168 valence electrons. The minimum Gasteiger partial charge on any atom is -0.657 e. The Kier molecular flexibility index (Phi) is 7.80. The first kappa shape index (κ1) is 24.5. The van der Waals surface area contributed by atoms with Crippen molar-refractivity contribution in [3.8, 4) is 34.0 Å². The molecule has 5 heteroatoms. The Labute approximate surface area is 221 Å². The molecule has 0 radical (unpaired) electrons. The van der Waals surface area contributed by atoms with Gasteiger partial charge in [-0.3, -0.25) is 0 Å². The monoisotopic (exact) mass is 468 g/mol. The van der Waals surface area contributed by atoms with Crippen LogP contribution in [-0.2, 0) is 0 Å². The first-order valence-corrected chi connectivity index (χ1v) is 11.1. The minimum absolute atomic E-state index is 0. The van der Waals surface area contributed by atoms with E-state index in [9.17, 15) is 0 Å². The van der Waals surface area contributed by atoms with Gasteiger partial charge in [-0.15, -0.1) is 22.4 Å². The molecule has 0 amide bonds. The Hall–Kier alpha value is -3.67. The molecule has 2 heterocycles. The second-order valence-corrected chi connectivity index (χ2v) is 7.80. The van der Waals surface area contributed by atoms with Crippen molar-refractivity contribution in [3.63, 3.8) is 0 Å². The van der Waals surface area contributed by atoms with E-state index >= 15 is 0 Å². The summed E-state index contributed by atoms with van der Waals surface area (Å²) in [7, 11) is 3.36. The maximum absolute atomic E-state index is 5.36. The van der Waals surface area contributed by atoms with Gasteiger partial charge in [-0.1, -0.05) is 97.1 Å². The number of fused-ring (bicyclic) bond motifs is 2. The summed E-state index contributed by atoms with van der Waals surface area (Å²) in [6, 6.07) is 36.3. The molecule has 6 aromatic rings. The van der Waals surface area contributed by atoms with E-state index in [1.807, 2.05) is 84.9 Å². The van der Waals surface area contributed by atoms with Gasteiger partial charge in [0.05, 0.1) is 14.2 Å². The van der Waals surface area contributed by atoms with Crippen molar-refractivity contribution in [2.45, 2.75) is 0 Å². The summed E-state index contributed by atoms with van der Waals surface area (Å²) >= 11 is 0. The van der Waals surface area contributed by atoms with Crippen LogP contribution in [0.1, 0.15) is 0 Å². The Morgan fingerprint density at radius 1 is 0.486 bits per heavy atom. The normalized spacial score (nSPS) is 10.3. The summed E-state index contributed by atoms with van der Waals surface area (Å²) in [6.45, 7) is 0. The zero-order valence-corrected chi connectivity index (χ0v) is 21.2. The van der Waals surface area contributed by atoms with Crippen LogP contribution in [0, 0.1) is 0 Å². The smallest absolute Gasteiger partial charge is 0.657 e. The van der Waals surface area contributed by atoms with Crippen LogP contribution in [0.25, 0.3) is 44.3 Å². The number of para-hydroxylation sites is 4. The molecule has 0 unspecified atom stereocenters. The zero-order valence-electron chi connectivity index (χ0n) is 19.8. The van der Waals surface area contributed by atoms with E-state index in [4.69, 9.17) is 9.47 Å². The predicted octanol–water partition coefficient (Wildman–Crippen LogP) is 6.56. The molecular weight excluding hydrogens is 445 g/mol. The van der Waals surface area contributed by atoms with Crippen LogP contribution < -0.4 is 19.4 Å². The molecule has 0 aliphatic rings. The third-order valence-electron chi connectivity index (χ3n) is 5.71. The molecule has 0 bridgehead atoms. The van der Waals surface area contributed by atoms with Gasteiger partial charge >= 0.3 is 23.1 Å². The van der Waals surface area contributed by atoms with Crippen molar-refractivity contribution in [1.82, 2.24) is 9.97 Å². The van der Waals surface area contributed by atoms with Crippen molar-refractivity contribution >= 4 is 44.9 Å². The minimum atomic E-state index is 0. The number of nitrogens with zero attached hydrogens (tertiary/aromatic N) is 2. The average molecular weight is 469 g/mol. The fraction of sp³-hybridized carbons (Fsp3) is 0.0667. The Morgan fingerprint density at radius 3 is 1.26 bits per heavy atom. The maximum atomic E-state index is 5.36. The summed E-state index contributed by atoms with van der Waals surface area (Å²) in [5.41, 5.74) is 6.03. The topological polar surface area (TPSA) is 46.7 Å². The van der Waals surface area contributed by atoms with Crippen LogP contribution in [-0.4, -0.2) is 37.3 Å². The number of hydrogen-bond donors (Lipinski definition) is 0. The summed E-state index contributed by atoms with van der Waals surface area (Å²) in [5, 5.41) is 2.32. The first-order chi connectivity index (χ1) is 16.8. The number of benzene rings is 4. The standard InChI is InChI=1S/2C15H12NO.Mg/c2*1-17-15-9-5-3-7-12(15)14-10-11-6-2-4-8-13(11)16-14;/h2*2-10H,1H3;/q2*-1;+2. The van der Waals surface area contributed by atoms with Gasteiger partial charge in [-0.05, 0) is 22.9 Å². The molecular formula is C30H24MgN2O2. The number of ether oxygens (including phenoxy) is 2. The van der Waals surface area contributed by atoms with E-state index in [0.29, 0.717) is 0 Å². The Bertz CT molecular complexity index is 1370. The molecule has 0 N–H and O–H groups in total. The summed E-state index contributed by atoms with van der Waals surface area (Å²) < 4.78 is 10.7. The molecule has 0 saturated carbocycles. The zero-order chi connectivity index (χ0) is 23.3. The fourth-order valence-electron chi connectivity index (χ4n) is 4.03. The molecule has 4 nitrogen and oxygen atoms in total. The van der Waals surface area contributed by atoms with Crippen LogP contribution in [0.4, 0.5) is 0 Å². The number of methoxy groups -OCH3 is 2. The summed E-state index contributed by atoms with van der Waals surface area (Å²) in [4.78, 5) is 9.22. The van der Waals surface area contributed by atoms with Crippen molar-refractivity contribution < 1.29 is 9.47 Å². The van der Waals surface area contributed by atoms with E-state index in [1.54, 1.807) is 14.2 Å². The summed E-state index contributed by atoms with van der Waals surface area (Å²) in [6.07, 6.45) is 0. The van der Waals surface area contributed by atoms with Crippen LogP contribution in [0.5, 0.6) is 11.5 Å². The van der Waals surface area contributed by atoms with E-state index in [-0.39, 0.29) is 23.1 Å². The average Bonchev–Trinajstić information content (AvgIpc) is 3.53. The number of aromatic nitrogens is 2. The molecule has 0 spiro atoms. The van der Waals surface area contributed by atoms with Crippen LogP contribution in [0.15, 0.2) is 109 Å². The molecule has 35 heavy (non-hydrogen) atoms. The molecule has 0 saturated heterocycles. The van der Waals surface area contributed by atoms with E-state index in [2.05, 4.69) is 34.2 Å². The predicted molar refractivity (Wildman–Crippen MR) is 144 cm³/mol. The number of hydrogen-bond acceptors (Lipinski definition) is 2. The quantitative estimate of drug-likeness (QED) is 0.275. The van der Waals surface area contributed by atoms with Crippen LogP contribution in [0.2, 0.25) is 0 Å². The summed E-state index contributed by atoms with van der Waals surface area (Å²) in [5.74, 6) is 1.71. The third kappa shape index (κ3) is 5.21. The van der Waals surface area contributed by atoms with Crippen molar-refractivity contribution in [3.05, 3.63) is 109 Å². The SMILES string of the molecule is COc1ccccc1-c1cc2ccccc2[n-]1.COc1ccccc1-c1cc2ccccc2[n-]1.[Mg+2]. The van der Waals surface area contributed by atoms with Gasteiger partial charge in [-0.2, -0.15) is 0 Å². The Morgan fingerprint density at radius 2 is 0.857 bits per heavy atom. The van der Waals surface area contributed by atoms with E-state index in [1.165, 1.54) is 0 Å². The fourth-order valence-corrected chi connectivity index (χ4v) is 4.03. The van der Waals surface area contributed by atoms with Gasteiger partial charge in [0, 0.05) is 11.1 Å². The van der Waals surface area contributed by atoms with E-state index < -0.39 is 0 Å². The first-order valence-electron chi connectivity index (χ1n) is 11.1. The molecule has 2 aromatic heterocycles. The molecule has 0 atom stereocenters. The van der Waals surface area contributed by atoms with Gasteiger partial charge in [-0.25, -0.2) is 0 Å². The van der Waals surface area contributed by atoms with Crippen LogP contribution >= 0.6 is 0 Å². The molecule has 4 aromatic carbocycles. The number of rotatable bonds is 4. The van der Waals surface area contributed by atoms with Crippen molar-refractivity contribution in [1.29, 1.82) is 0 Å². The van der Waals surface area contributed by atoms with Gasteiger partial charge in [0.25, 0.3) is 0 Å². The molecule has 0 aliphatic heterocycles. The van der Waals surface area contributed by atoms with Crippen molar-refractivity contribution in [2.24, 2.45) is 0 Å². The molecule has 6 rings (SSSR count). The Balaban J connectivity index is 0.000000160. The van der Waals surface area contributed by atoms with Crippen LogP contribution in [0.3, 0.4) is 0 Å². The van der Waals surface area contributed by atoms with E-state index in [0.717, 1.165) is 55.8 Å². The molecule has 0 aliphatic carbocycles. The van der Waals surface area contributed by atoms with Gasteiger partial charge in [0.1, 0.15) is 11.5 Å². The van der Waals surface area contributed by atoms with Gasteiger partial charge in [0.15, 0.2) is 0 Å². The second-order valence-electron chi connectivity index (χ2n) is 7.80. The largest absolute Gasteiger partial charge is 2.00 e.